The topological polar surface area (TPSA) is 32.7 Å². The molecule has 0 spiro atoms. The fourth-order valence-corrected chi connectivity index (χ4v) is 2.71. The number of hydrogen-bond donors (Lipinski definition) is 1. The average Bonchev–Trinajstić information content (AvgIpc) is 2.85. The monoisotopic (exact) mass is 281 g/mol. The maximum atomic E-state index is 9.31. The van der Waals surface area contributed by atoms with Gasteiger partial charge >= 0.3 is 0 Å². The van der Waals surface area contributed by atoms with E-state index >= 15 is 0 Å². The van der Waals surface area contributed by atoms with Crippen molar-refractivity contribution < 1.29 is 9.84 Å². The summed E-state index contributed by atoms with van der Waals surface area (Å²) in [4.78, 5) is 2.30. The zero-order valence-corrected chi connectivity index (χ0v) is 11.8. The maximum absolute atomic E-state index is 9.31. The summed E-state index contributed by atoms with van der Waals surface area (Å²) in [6.07, 6.45) is 3.92. The molecule has 3 nitrogen and oxygen atoms in total. The Kier molecular flexibility index (Phi) is 5.25. The van der Waals surface area contributed by atoms with E-state index in [1.807, 2.05) is 18.2 Å². The number of rotatable bonds is 6. The third-order valence-electron chi connectivity index (χ3n) is 3.45. The summed E-state index contributed by atoms with van der Waals surface area (Å²) < 4.78 is 5.45. The lowest BCUT2D eigenvalue weighted by Gasteiger charge is -2.22. The number of aliphatic hydroxyl groups is 1. The van der Waals surface area contributed by atoms with Crippen molar-refractivity contribution in [3.8, 4) is 5.75 Å². The normalized spacial score (nSPS) is 19.6. The second-order valence-electron chi connectivity index (χ2n) is 4.81. The van der Waals surface area contributed by atoms with E-state index in [0.717, 1.165) is 31.5 Å². The molecular formula is C15H20ClNO2. The number of hydrogen-bond acceptors (Lipinski definition) is 3. The highest BCUT2D eigenvalue weighted by Crippen LogP contribution is 2.27. The van der Waals surface area contributed by atoms with E-state index in [1.165, 1.54) is 0 Å². The van der Waals surface area contributed by atoms with E-state index in [1.54, 1.807) is 6.08 Å². The number of nitrogens with zero attached hydrogens (tertiary/aromatic N) is 1. The van der Waals surface area contributed by atoms with Crippen LogP contribution in [0.2, 0.25) is 5.02 Å². The minimum absolute atomic E-state index is 0.230. The highest BCUT2D eigenvalue weighted by Gasteiger charge is 2.23. The van der Waals surface area contributed by atoms with Crippen molar-refractivity contribution in [2.24, 2.45) is 0 Å². The summed E-state index contributed by atoms with van der Waals surface area (Å²) in [6.45, 7) is 6.16. The van der Waals surface area contributed by atoms with Crippen LogP contribution in [0.4, 0.5) is 0 Å². The third-order valence-corrected chi connectivity index (χ3v) is 3.74. The Morgan fingerprint density at radius 1 is 1.53 bits per heavy atom. The first kappa shape index (κ1) is 14.4. The van der Waals surface area contributed by atoms with Gasteiger partial charge in [0.2, 0.25) is 0 Å². The predicted molar refractivity (Wildman–Crippen MR) is 77.7 cm³/mol. The van der Waals surface area contributed by atoms with Gasteiger partial charge < -0.3 is 9.84 Å². The van der Waals surface area contributed by atoms with Crippen LogP contribution in [0.15, 0.2) is 30.9 Å². The number of halogens is 1. The van der Waals surface area contributed by atoms with Gasteiger partial charge in [-0.1, -0.05) is 30.3 Å². The Bertz CT molecular complexity index is 436. The molecule has 1 aliphatic heterocycles. The van der Waals surface area contributed by atoms with E-state index in [-0.39, 0.29) is 12.6 Å². The highest BCUT2D eigenvalue weighted by molar-refractivity contribution is 6.32. The lowest BCUT2D eigenvalue weighted by Crippen LogP contribution is -2.31. The molecule has 0 saturated carbocycles. The zero-order chi connectivity index (χ0) is 13.7. The molecule has 0 amide bonds. The van der Waals surface area contributed by atoms with Crippen LogP contribution in [0, 0.1) is 0 Å². The Labute approximate surface area is 119 Å². The van der Waals surface area contributed by atoms with Crippen LogP contribution in [0.25, 0.3) is 0 Å². The van der Waals surface area contributed by atoms with E-state index < -0.39 is 0 Å². The van der Waals surface area contributed by atoms with Crippen LogP contribution in [0.3, 0.4) is 0 Å². The van der Waals surface area contributed by atoms with Crippen LogP contribution in [0.5, 0.6) is 5.75 Å². The lowest BCUT2D eigenvalue weighted by molar-refractivity contribution is 0.153. The summed E-state index contributed by atoms with van der Waals surface area (Å²) in [5, 5.41) is 9.94. The molecule has 0 aliphatic carbocycles. The van der Waals surface area contributed by atoms with Crippen molar-refractivity contribution in [3.05, 3.63) is 41.4 Å². The first-order valence-corrected chi connectivity index (χ1v) is 6.99. The molecule has 104 valence electrons. The Morgan fingerprint density at radius 3 is 3.05 bits per heavy atom. The van der Waals surface area contributed by atoms with Crippen LogP contribution in [-0.4, -0.2) is 35.8 Å². The van der Waals surface area contributed by atoms with Gasteiger partial charge in [0.15, 0.2) is 0 Å². The van der Waals surface area contributed by atoms with Crippen molar-refractivity contribution in [3.63, 3.8) is 0 Å². The quantitative estimate of drug-likeness (QED) is 0.814. The molecule has 0 radical (unpaired) electrons. The van der Waals surface area contributed by atoms with E-state index in [0.29, 0.717) is 17.4 Å². The largest absolute Gasteiger partial charge is 0.488 e. The summed E-state index contributed by atoms with van der Waals surface area (Å²) in [7, 11) is 0. The van der Waals surface area contributed by atoms with Crippen LogP contribution in [-0.2, 0) is 6.54 Å². The Hall–Kier alpha value is -1.03. The standard InChI is InChI=1S/C15H20ClNO2/c1-2-8-19-15-6-5-12(9-14(15)16)10-17-7-3-4-13(17)11-18/h2,5-6,9,13,18H,1,3-4,7-8,10-11H2/t13-/m1/s1. The molecule has 1 atom stereocenters. The van der Waals surface area contributed by atoms with Gasteiger partial charge in [-0.15, -0.1) is 0 Å². The van der Waals surface area contributed by atoms with Gasteiger partial charge in [0.25, 0.3) is 0 Å². The van der Waals surface area contributed by atoms with Gasteiger partial charge in [0, 0.05) is 12.6 Å². The lowest BCUT2D eigenvalue weighted by atomic mass is 10.2. The van der Waals surface area contributed by atoms with Crippen molar-refractivity contribution in [1.29, 1.82) is 0 Å². The summed E-state index contributed by atoms with van der Waals surface area (Å²) in [5.74, 6) is 0.686. The number of aliphatic hydroxyl groups excluding tert-OH is 1. The van der Waals surface area contributed by atoms with Crippen molar-refractivity contribution in [2.45, 2.75) is 25.4 Å². The van der Waals surface area contributed by atoms with Gasteiger partial charge in [-0.2, -0.15) is 0 Å². The highest BCUT2D eigenvalue weighted by atomic mass is 35.5. The molecule has 1 aliphatic rings. The molecule has 1 aromatic carbocycles. The van der Waals surface area contributed by atoms with Crippen molar-refractivity contribution in [1.82, 2.24) is 4.90 Å². The first-order valence-electron chi connectivity index (χ1n) is 6.61. The maximum Gasteiger partial charge on any atom is 0.138 e. The SMILES string of the molecule is C=CCOc1ccc(CN2CCC[C@@H]2CO)cc1Cl. The molecule has 1 aromatic rings. The fraction of sp³-hybridized carbons (Fsp3) is 0.467. The molecule has 1 fully saturated rings. The molecule has 4 heteroatoms. The minimum atomic E-state index is 0.230. The molecular weight excluding hydrogens is 262 g/mol. The number of likely N-dealkylation sites (tertiary alicyclic amines) is 1. The smallest absolute Gasteiger partial charge is 0.138 e. The molecule has 1 N–H and O–H groups in total. The molecule has 2 rings (SSSR count). The second-order valence-corrected chi connectivity index (χ2v) is 5.22. The molecule has 0 bridgehead atoms. The molecule has 1 heterocycles. The minimum Gasteiger partial charge on any atom is -0.488 e. The molecule has 0 aromatic heterocycles. The fourth-order valence-electron chi connectivity index (χ4n) is 2.45. The van der Waals surface area contributed by atoms with Gasteiger partial charge in [-0.05, 0) is 37.1 Å². The van der Waals surface area contributed by atoms with Crippen LogP contribution in [0.1, 0.15) is 18.4 Å². The second kappa shape index (κ2) is 6.94. The summed E-state index contributed by atoms with van der Waals surface area (Å²) in [6, 6.07) is 6.14. The number of benzene rings is 1. The van der Waals surface area contributed by atoms with Crippen LogP contribution >= 0.6 is 11.6 Å². The third kappa shape index (κ3) is 3.72. The molecule has 0 unspecified atom stereocenters. The first-order chi connectivity index (χ1) is 9.24. The summed E-state index contributed by atoms with van der Waals surface area (Å²) in [5.41, 5.74) is 1.15. The predicted octanol–water partition coefficient (Wildman–Crippen LogP) is 2.86. The van der Waals surface area contributed by atoms with E-state index in [9.17, 15) is 5.11 Å². The Morgan fingerprint density at radius 2 is 2.37 bits per heavy atom. The summed E-state index contributed by atoms with van der Waals surface area (Å²) >= 11 is 6.19. The van der Waals surface area contributed by atoms with Gasteiger partial charge in [-0.25, -0.2) is 0 Å². The van der Waals surface area contributed by atoms with Crippen LogP contribution < -0.4 is 4.74 Å². The van der Waals surface area contributed by atoms with Crippen molar-refractivity contribution >= 4 is 11.6 Å². The van der Waals surface area contributed by atoms with Gasteiger partial charge in [-0.3, -0.25) is 4.90 Å². The average molecular weight is 282 g/mol. The Balaban J connectivity index is 2.01. The zero-order valence-electron chi connectivity index (χ0n) is 11.0. The van der Waals surface area contributed by atoms with E-state index in [4.69, 9.17) is 16.3 Å². The number of ether oxygens (including phenoxy) is 1. The van der Waals surface area contributed by atoms with Crippen molar-refractivity contribution in [2.75, 3.05) is 19.8 Å². The molecule has 1 saturated heterocycles. The van der Waals surface area contributed by atoms with E-state index in [2.05, 4.69) is 11.5 Å². The van der Waals surface area contributed by atoms with Gasteiger partial charge in [0.05, 0.1) is 11.6 Å². The van der Waals surface area contributed by atoms with Gasteiger partial charge in [0.1, 0.15) is 12.4 Å². The molecule has 19 heavy (non-hydrogen) atoms.